The molecule has 1 aliphatic carbocycles. The average molecular weight is 556 g/mol. The van der Waals surface area contributed by atoms with E-state index in [1.807, 2.05) is 30.3 Å². The second-order valence-corrected chi connectivity index (χ2v) is 11.1. The van der Waals surface area contributed by atoms with E-state index in [0.717, 1.165) is 61.3 Å². The van der Waals surface area contributed by atoms with Gasteiger partial charge in [-0.15, -0.1) is 0 Å². The monoisotopic (exact) mass is 555 g/mol. The van der Waals surface area contributed by atoms with Gasteiger partial charge in [0, 0.05) is 42.6 Å². The van der Waals surface area contributed by atoms with Gasteiger partial charge >= 0.3 is 5.97 Å². The molecule has 0 atom stereocenters. The van der Waals surface area contributed by atoms with Crippen LogP contribution in [0.1, 0.15) is 64.5 Å². The number of carbonyl (C=O) groups is 2. The Balaban J connectivity index is 1.67. The zero-order valence-electron chi connectivity index (χ0n) is 25.2. The van der Waals surface area contributed by atoms with Crippen molar-refractivity contribution in [2.45, 2.75) is 58.8 Å². The molecule has 2 aromatic rings. The number of Topliss-reactive ketones (excluding diaryl/α,β-unsaturated/α-hetero) is 1. The van der Waals surface area contributed by atoms with Crippen molar-refractivity contribution >= 4 is 34.4 Å². The first-order chi connectivity index (χ1) is 19.8. The van der Waals surface area contributed by atoms with E-state index in [1.54, 1.807) is 7.11 Å². The van der Waals surface area contributed by atoms with Gasteiger partial charge < -0.3 is 14.4 Å². The van der Waals surface area contributed by atoms with Gasteiger partial charge in [-0.05, 0) is 44.4 Å². The minimum absolute atomic E-state index is 0.0271. The summed E-state index contributed by atoms with van der Waals surface area (Å²) in [6, 6.07) is 16.5. The van der Waals surface area contributed by atoms with Crippen LogP contribution in [-0.2, 0) is 24.5 Å². The van der Waals surface area contributed by atoms with E-state index < -0.39 is 5.97 Å². The smallest absolute Gasteiger partial charge is 0.330 e. The molecule has 1 heterocycles. The maximum Gasteiger partial charge on any atom is 0.330 e. The number of anilines is 1. The van der Waals surface area contributed by atoms with Crippen LogP contribution in [0.15, 0.2) is 78.6 Å². The summed E-state index contributed by atoms with van der Waals surface area (Å²) in [5.74, 6) is 0.125. The van der Waals surface area contributed by atoms with E-state index in [9.17, 15) is 9.59 Å². The summed E-state index contributed by atoms with van der Waals surface area (Å²) >= 11 is 0. The van der Waals surface area contributed by atoms with Gasteiger partial charge in [-0.25, -0.2) is 4.79 Å². The van der Waals surface area contributed by atoms with Gasteiger partial charge in [0.05, 0.1) is 23.7 Å². The standard InChI is InChI=1S/C35H43N2O4/c1-7-10-20-36(21-11-8-2)26-18-16-25(17-19-26)32-33(39)27(34(32)40-6)24-30-35(4,5)28-14-12-13-15-29(28)37(30)22-23-41-31(38)9-3/h9,12-19,24H,3,7-8,10-11,20-23H2,1-2,4-6H3/q+1. The summed E-state index contributed by atoms with van der Waals surface area (Å²) in [6.45, 7) is 14.9. The predicted molar refractivity (Wildman–Crippen MR) is 166 cm³/mol. The number of benzene rings is 2. The van der Waals surface area contributed by atoms with Crippen molar-refractivity contribution in [1.29, 1.82) is 0 Å². The number of fused-ring (bicyclic) bond motifs is 1. The molecule has 6 heteroatoms. The van der Waals surface area contributed by atoms with Gasteiger partial charge in [0.2, 0.25) is 11.5 Å². The van der Waals surface area contributed by atoms with Crippen LogP contribution < -0.4 is 4.90 Å². The van der Waals surface area contributed by atoms with E-state index in [0.29, 0.717) is 23.5 Å². The van der Waals surface area contributed by atoms with Crippen LogP contribution in [0.3, 0.4) is 0 Å². The molecular weight excluding hydrogens is 512 g/mol. The fourth-order valence-electron chi connectivity index (χ4n) is 5.70. The molecule has 0 aromatic heterocycles. The molecule has 4 rings (SSSR count). The number of carbonyl (C=O) groups excluding carboxylic acids is 2. The number of para-hydroxylation sites is 1. The Morgan fingerprint density at radius 3 is 2.29 bits per heavy atom. The fraction of sp³-hybridized carbons (Fsp3) is 0.400. The third-order valence-electron chi connectivity index (χ3n) is 8.04. The summed E-state index contributed by atoms with van der Waals surface area (Å²) in [7, 11) is 1.62. The Hall–Kier alpha value is -3.93. The van der Waals surface area contributed by atoms with Crippen molar-refractivity contribution in [2.24, 2.45) is 0 Å². The van der Waals surface area contributed by atoms with Crippen LogP contribution in [0, 0.1) is 0 Å². The highest BCUT2D eigenvalue weighted by atomic mass is 16.5. The molecule has 1 aliphatic heterocycles. The van der Waals surface area contributed by atoms with Crippen molar-refractivity contribution in [3.05, 3.63) is 89.7 Å². The van der Waals surface area contributed by atoms with Gasteiger partial charge in [0.1, 0.15) is 5.76 Å². The number of rotatable bonds is 14. The largest absolute Gasteiger partial charge is 0.495 e. The second kappa shape index (κ2) is 13.2. The van der Waals surface area contributed by atoms with Crippen LogP contribution in [0.2, 0.25) is 0 Å². The van der Waals surface area contributed by atoms with Crippen LogP contribution >= 0.6 is 0 Å². The number of hydrogen-bond acceptors (Lipinski definition) is 5. The number of hydrogen-bond donors (Lipinski definition) is 0. The maximum absolute atomic E-state index is 13.6. The minimum atomic E-state index is -0.454. The Morgan fingerprint density at radius 2 is 1.68 bits per heavy atom. The number of methoxy groups -OCH3 is 1. The van der Waals surface area contributed by atoms with Gasteiger partial charge in [0.25, 0.3) is 0 Å². The molecule has 6 nitrogen and oxygen atoms in total. The molecule has 0 unspecified atom stereocenters. The number of allylic oxidation sites excluding steroid dienone is 3. The quantitative estimate of drug-likeness (QED) is 0.146. The zero-order chi connectivity index (χ0) is 29.6. The molecule has 0 bridgehead atoms. The maximum atomic E-state index is 13.6. The molecule has 0 amide bonds. The van der Waals surface area contributed by atoms with Gasteiger partial charge in [-0.2, -0.15) is 4.58 Å². The zero-order valence-corrected chi connectivity index (χ0v) is 25.2. The molecular formula is C35H43N2O4+. The molecule has 2 aromatic carbocycles. The lowest BCUT2D eigenvalue weighted by atomic mass is 9.77. The van der Waals surface area contributed by atoms with E-state index in [1.165, 1.54) is 11.8 Å². The number of ketones is 1. The Labute approximate surface area is 244 Å². The molecule has 0 saturated heterocycles. The Kier molecular flexibility index (Phi) is 9.64. The van der Waals surface area contributed by atoms with E-state index >= 15 is 0 Å². The first-order valence-corrected chi connectivity index (χ1v) is 14.7. The third-order valence-corrected chi connectivity index (χ3v) is 8.04. The first kappa shape index (κ1) is 30.0. The van der Waals surface area contributed by atoms with Crippen LogP contribution in [0.25, 0.3) is 5.57 Å². The third kappa shape index (κ3) is 6.07. The highest BCUT2D eigenvalue weighted by Crippen LogP contribution is 2.43. The summed E-state index contributed by atoms with van der Waals surface area (Å²) in [4.78, 5) is 27.7. The van der Waals surface area contributed by atoms with Crippen molar-refractivity contribution < 1.29 is 23.6 Å². The topological polar surface area (TPSA) is 58.9 Å². The molecule has 2 aliphatic rings. The second-order valence-electron chi connectivity index (χ2n) is 11.1. The molecule has 41 heavy (non-hydrogen) atoms. The van der Waals surface area contributed by atoms with Crippen molar-refractivity contribution in [2.75, 3.05) is 38.3 Å². The summed E-state index contributed by atoms with van der Waals surface area (Å²) in [5, 5.41) is 0. The highest BCUT2D eigenvalue weighted by Gasteiger charge is 2.46. The molecule has 0 saturated carbocycles. The van der Waals surface area contributed by atoms with E-state index in [4.69, 9.17) is 9.47 Å². The lowest BCUT2D eigenvalue weighted by Gasteiger charge is -2.27. The van der Waals surface area contributed by atoms with Crippen LogP contribution in [0.4, 0.5) is 11.4 Å². The summed E-state index contributed by atoms with van der Waals surface area (Å²) in [6.07, 6.45) is 7.75. The predicted octanol–water partition coefficient (Wildman–Crippen LogP) is 6.77. The van der Waals surface area contributed by atoms with Gasteiger partial charge in [-0.1, -0.05) is 63.6 Å². The molecule has 0 N–H and O–H groups in total. The molecule has 0 radical (unpaired) electrons. The first-order valence-electron chi connectivity index (χ1n) is 14.7. The summed E-state index contributed by atoms with van der Waals surface area (Å²) in [5.41, 5.74) is 6.02. The van der Waals surface area contributed by atoms with Crippen LogP contribution in [-0.4, -0.2) is 55.4 Å². The Bertz CT molecular complexity index is 1390. The minimum Gasteiger partial charge on any atom is -0.495 e. The molecule has 0 fully saturated rings. The number of ether oxygens (including phenoxy) is 2. The normalized spacial score (nSPS) is 16.5. The molecule has 216 valence electrons. The average Bonchev–Trinajstić information content (AvgIpc) is 3.20. The lowest BCUT2D eigenvalue weighted by Crippen LogP contribution is -2.32. The number of nitrogens with zero attached hydrogens (tertiary/aromatic N) is 2. The van der Waals surface area contributed by atoms with Gasteiger partial charge in [0.15, 0.2) is 18.9 Å². The van der Waals surface area contributed by atoms with E-state index in [2.05, 4.69) is 68.0 Å². The highest BCUT2D eigenvalue weighted by molar-refractivity contribution is 6.40. The van der Waals surface area contributed by atoms with Crippen molar-refractivity contribution in [3.63, 3.8) is 0 Å². The molecule has 0 spiro atoms. The number of unbranched alkanes of at least 4 members (excludes halogenated alkanes) is 2. The summed E-state index contributed by atoms with van der Waals surface area (Å²) < 4.78 is 13.2. The number of esters is 1. The van der Waals surface area contributed by atoms with Crippen molar-refractivity contribution in [1.82, 2.24) is 0 Å². The van der Waals surface area contributed by atoms with E-state index in [-0.39, 0.29) is 17.8 Å². The van der Waals surface area contributed by atoms with Crippen LogP contribution in [0.5, 0.6) is 0 Å². The Morgan fingerprint density at radius 1 is 1.02 bits per heavy atom. The van der Waals surface area contributed by atoms with Gasteiger partial charge in [-0.3, -0.25) is 4.79 Å². The fourth-order valence-corrected chi connectivity index (χ4v) is 5.70. The SMILES string of the molecule is C=CC(=O)OCC[N+]1=C(/C=C2\C(=O)C(c3ccc(N(CCCC)CCCC)cc3)=C2OC)C(C)(C)c2ccccc21. The lowest BCUT2D eigenvalue weighted by molar-refractivity contribution is -0.440. The van der Waals surface area contributed by atoms with Crippen molar-refractivity contribution in [3.8, 4) is 0 Å².